The molecule has 0 aromatic carbocycles. The maximum Gasteiger partial charge on any atom is 0.195 e. The minimum absolute atomic E-state index is 0.0760. The Bertz CT molecular complexity index is 385. The average Bonchev–Trinajstić information content (AvgIpc) is 2.31. The average molecular weight is 194 g/mol. The van der Waals surface area contributed by atoms with E-state index in [0.29, 0.717) is 17.9 Å². The predicted octanol–water partition coefficient (Wildman–Crippen LogP) is 2.23. The van der Waals surface area contributed by atoms with Gasteiger partial charge in [-0.3, -0.25) is 9.59 Å². The highest BCUT2D eigenvalue weighted by atomic mass is 16.3. The molecule has 3 heteroatoms. The van der Waals surface area contributed by atoms with Crippen LogP contribution in [0.3, 0.4) is 0 Å². The van der Waals surface area contributed by atoms with Crippen molar-refractivity contribution in [2.75, 3.05) is 0 Å². The van der Waals surface area contributed by atoms with Gasteiger partial charge in [-0.2, -0.15) is 0 Å². The van der Waals surface area contributed by atoms with Gasteiger partial charge in [-0.05, 0) is 20.8 Å². The summed E-state index contributed by atoms with van der Waals surface area (Å²) in [7, 11) is 0. The number of hydrogen-bond acceptors (Lipinski definition) is 3. The molecule has 0 bridgehead atoms. The Balaban J connectivity index is 3.17. The molecule has 0 atom stereocenters. The summed E-state index contributed by atoms with van der Waals surface area (Å²) < 4.78 is 5.31. The Hall–Kier alpha value is -1.38. The van der Waals surface area contributed by atoms with E-state index in [2.05, 4.69) is 0 Å². The molecular weight excluding hydrogens is 180 g/mol. The number of hydrogen-bond donors (Lipinski definition) is 0. The van der Waals surface area contributed by atoms with E-state index in [1.54, 1.807) is 6.92 Å². The van der Waals surface area contributed by atoms with Crippen LogP contribution in [-0.2, 0) is 11.2 Å². The van der Waals surface area contributed by atoms with Gasteiger partial charge in [-0.15, -0.1) is 0 Å². The summed E-state index contributed by atoms with van der Waals surface area (Å²) in [6.45, 7) is 6.57. The minimum Gasteiger partial charge on any atom is -0.458 e. The van der Waals surface area contributed by atoms with E-state index in [-0.39, 0.29) is 11.6 Å². The molecule has 1 heterocycles. The van der Waals surface area contributed by atoms with E-state index in [1.165, 1.54) is 13.8 Å². The molecule has 1 aromatic rings. The third kappa shape index (κ3) is 1.92. The summed E-state index contributed by atoms with van der Waals surface area (Å²) in [5, 5.41) is 0. The Labute approximate surface area is 83.1 Å². The third-order valence-electron chi connectivity index (χ3n) is 2.22. The van der Waals surface area contributed by atoms with Gasteiger partial charge in [0.15, 0.2) is 11.5 Å². The van der Waals surface area contributed by atoms with Gasteiger partial charge in [-0.25, -0.2) is 0 Å². The molecule has 0 aliphatic carbocycles. The van der Waals surface area contributed by atoms with Gasteiger partial charge in [0.1, 0.15) is 11.5 Å². The molecule has 0 aliphatic rings. The predicted molar refractivity (Wildman–Crippen MR) is 52.6 cm³/mol. The van der Waals surface area contributed by atoms with E-state index >= 15 is 0 Å². The number of rotatable bonds is 3. The van der Waals surface area contributed by atoms with Gasteiger partial charge < -0.3 is 4.42 Å². The van der Waals surface area contributed by atoms with Crippen molar-refractivity contribution in [1.82, 2.24) is 0 Å². The SMILES string of the molecule is CC(=O)Cc1c(C)oc(C(C)=O)c1C. The van der Waals surface area contributed by atoms with Crippen LogP contribution in [0.2, 0.25) is 0 Å². The standard InChI is InChI=1S/C11H14O3/c1-6(12)5-10-7(2)11(8(3)13)14-9(10)4/h5H2,1-4H3. The summed E-state index contributed by atoms with van der Waals surface area (Å²) in [4.78, 5) is 22.1. The molecule has 0 spiro atoms. The van der Waals surface area contributed by atoms with Crippen molar-refractivity contribution in [2.45, 2.75) is 34.1 Å². The van der Waals surface area contributed by atoms with Crippen molar-refractivity contribution in [1.29, 1.82) is 0 Å². The normalized spacial score (nSPS) is 10.3. The quantitative estimate of drug-likeness (QED) is 0.693. The van der Waals surface area contributed by atoms with Crippen LogP contribution in [0.4, 0.5) is 0 Å². The number of Topliss-reactive ketones (excluding diaryl/α,β-unsaturated/α-hetero) is 2. The lowest BCUT2D eigenvalue weighted by Crippen LogP contribution is -1.99. The largest absolute Gasteiger partial charge is 0.458 e. The van der Waals surface area contributed by atoms with Crippen LogP contribution in [0.5, 0.6) is 0 Å². The molecular formula is C11H14O3. The van der Waals surface area contributed by atoms with Crippen LogP contribution in [0.1, 0.15) is 41.3 Å². The lowest BCUT2D eigenvalue weighted by Gasteiger charge is -1.95. The van der Waals surface area contributed by atoms with Gasteiger partial charge in [0.05, 0.1) is 0 Å². The van der Waals surface area contributed by atoms with Crippen LogP contribution >= 0.6 is 0 Å². The minimum atomic E-state index is -0.0968. The molecule has 1 aromatic heterocycles. The maximum atomic E-state index is 11.1. The van der Waals surface area contributed by atoms with Crippen LogP contribution < -0.4 is 0 Å². The maximum absolute atomic E-state index is 11.1. The highest BCUT2D eigenvalue weighted by Crippen LogP contribution is 2.22. The molecule has 0 radical (unpaired) electrons. The second kappa shape index (κ2) is 3.78. The molecule has 0 unspecified atom stereocenters. The first-order chi connectivity index (χ1) is 6.43. The highest BCUT2D eigenvalue weighted by molar-refractivity contribution is 5.93. The monoisotopic (exact) mass is 194 g/mol. The first kappa shape index (κ1) is 10.7. The van der Waals surface area contributed by atoms with E-state index in [1.807, 2.05) is 6.92 Å². The van der Waals surface area contributed by atoms with Gasteiger partial charge >= 0.3 is 0 Å². The Morgan fingerprint density at radius 1 is 1.21 bits per heavy atom. The fourth-order valence-corrected chi connectivity index (χ4v) is 1.53. The number of ketones is 2. The van der Waals surface area contributed by atoms with E-state index < -0.39 is 0 Å². The summed E-state index contributed by atoms with van der Waals surface area (Å²) in [5.74, 6) is 1.02. The van der Waals surface area contributed by atoms with Crippen LogP contribution in [-0.4, -0.2) is 11.6 Å². The van der Waals surface area contributed by atoms with Crippen LogP contribution in [0, 0.1) is 13.8 Å². The van der Waals surface area contributed by atoms with Crippen molar-refractivity contribution in [3.05, 3.63) is 22.6 Å². The molecule has 1 rings (SSSR count). The second-order valence-corrected chi connectivity index (χ2v) is 3.53. The van der Waals surface area contributed by atoms with Crippen LogP contribution in [0.25, 0.3) is 0 Å². The fourth-order valence-electron chi connectivity index (χ4n) is 1.53. The van der Waals surface area contributed by atoms with E-state index in [9.17, 15) is 9.59 Å². The van der Waals surface area contributed by atoms with Crippen molar-refractivity contribution < 1.29 is 14.0 Å². The molecule has 0 saturated heterocycles. The molecule has 0 fully saturated rings. The Kier molecular flexibility index (Phi) is 2.89. The zero-order valence-corrected chi connectivity index (χ0v) is 8.93. The van der Waals surface area contributed by atoms with Crippen LogP contribution in [0.15, 0.2) is 4.42 Å². The first-order valence-corrected chi connectivity index (χ1v) is 4.52. The fraction of sp³-hybridized carbons (Fsp3) is 0.455. The van der Waals surface area contributed by atoms with Gasteiger partial charge in [0.2, 0.25) is 0 Å². The van der Waals surface area contributed by atoms with Gasteiger partial charge in [-0.1, -0.05) is 0 Å². The zero-order valence-electron chi connectivity index (χ0n) is 8.93. The Morgan fingerprint density at radius 3 is 2.14 bits per heavy atom. The summed E-state index contributed by atoms with van der Waals surface area (Å²) in [6, 6.07) is 0. The molecule has 0 N–H and O–H groups in total. The van der Waals surface area contributed by atoms with Crippen molar-refractivity contribution in [2.24, 2.45) is 0 Å². The lowest BCUT2D eigenvalue weighted by atomic mass is 10.0. The van der Waals surface area contributed by atoms with E-state index in [0.717, 1.165) is 11.1 Å². The summed E-state index contributed by atoms with van der Waals surface area (Å²) >= 11 is 0. The third-order valence-corrected chi connectivity index (χ3v) is 2.22. The van der Waals surface area contributed by atoms with Crippen molar-refractivity contribution in [3.63, 3.8) is 0 Å². The molecule has 76 valence electrons. The first-order valence-electron chi connectivity index (χ1n) is 4.52. The number of carbonyl (C=O) groups is 2. The van der Waals surface area contributed by atoms with Crippen molar-refractivity contribution >= 4 is 11.6 Å². The molecule has 3 nitrogen and oxygen atoms in total. The number of aryl methyl sites for hydroxylation is 1. The van der Waals surface area contributed by atoms with Crippen molar-refractivity contribution in [3.8, 4) is 0 Å². The molecule has 0 saturated carbocycles. The highest BCUT2D eigenvalue weighted by Gasteiger charge is 2.17. The smallest absolute Gasteiger partial charge is 0.195 e. The molecule has 14 heavy (non-hydrogen) atoms. The zero-order chi connectivity index (χ0) is 10.9. The van der Waals surface area contributed by atoms with E-state index in [4.69, 9.17) is 4.42 Å². The van der Waals surface area contributed by atoms with Gasteiger partial charge in [0, 0.05) is 24.5 Å². The summed E-state index contributed by atoms with van der Waals surface area (Å²) in [5.41, 5.74) is 1.65. The molecule has 0 aliphatic heterocycles. The Morgan fingerprint density at radius 2 is 1.79 bits per heavy atom. The lowest BCUT2D eigenvalue weighted by molar-refractivity contribution is -0.116. The second-order valence-electron chi connectivity index (χ2n) is 3.53. The summed E-state index contributed by atoms with van der Waals surface area (Å²) in [6.07, 6.45) is 0.342. The number of furan rings is 1. The topological polar surface area (TPSA) is 47.3 Å². The number of carbonyl (C=O) groups excluding carboxylic acids is 2. The van der Waals surface area contributed by atoms with Gasteiger partial charge in [0.25, 0.3) is 0 Å². The molecule has 0 amide bonds.